The number of anilines is 1. The van der Waals surface area contributed by atoms with Crippen molar-refractivity contribution in [1.29, 1.82) is 0 Å². The van der Waals surface area contributed by atoms with Crippen molar-refractivity contribution in [2.45, 2.75) is 30.7 Å². The first-order valence-electron chi connectivity index (χ1n) is 12.3. The van der Waals surface area contributed by atoms with E-state index < -0.39 is 37.4 Å². The lowest BCUT2D eigenvalue weighted by Gasteiger charge is -2.42. The summed E-state index contributed by atoms with van der Waals surface area (Å²) in [5.41, 5.74) is 1.55. The van der Waals surface area contributed by atoms with Crippen LogP contribution in [0.2, 0.25) is 0 Å². The third-order valence-corrected chi connectivity index (χ3v) is 7.23. The molecule has 2 aliphatic rings. The Labute approximate surface area is 214 Å². The molecule has 6 rings (SSSR count). The van der Waals surface area contributed by atoms with Crippen LogP contribution in [-0.4, -0.2) is 99.5 Å². The van der Waals surface area contributed by atoms with Gasteiger partial charge in [-0.15, -0.1) is 10.2 Å². The van der Waals surface area contributed by atoms with Crippen LogP contribution in [-0.2, 0) is 4.74 Å². The summed E-state index contributed by atoms with van der Waals surface area (Å²) < 4.78 is 70.1. The van der Waals surface area contributed by atoms with Crippen LogP contribution < -0.4 is 10.1 Å². The lowest BCUT2D eigenvalue weighted by atomic mass is 10.0. The second-order valence-electron chi connectivity index (χ2n) is 9.53. The molecule has 1 aromatic carbocycles. The number of alkyl halides is 3. The Hall–Kier alpha value is -3.52. The highest BCUT2D eigenvalue weighted by molar-refractivity contribution is 5.89. The topological polar surface area (TPSA) is 94.6 Å². The Kier molecular flexibility index (Phi) is 6.51. The molecular weight excluding hydrogens is 508 g/mol. The maximum absolute atomic E-state index is 15.3. The molecule has 3 aromatic heterocycles. The standard InChI is InChI=1S/C24H26F4N8O2/c1-37-23-22-21(13-2-3-19-20(6-13)36(33-31-19)14(7-25)8-26)17(28)10-35(22)32-24(30-23)29-18-4-5-34(9-16(18)27)15-11-38-12-15/h2-3,6,10,14-16,18H,4-5,7-9,11-12H2,1H3,(H,29,32)/t16-,18-/m0/s1. The molecule has 14 heteroatoms. The van der Waals surface area contributed by atoms with E-state index in [0.717, 1.165) is 4.68 Å². The molecule has 1 N–H and O–H groups in total. The van der Waals surface area contributed by atoms with E-state index in [1.807, 2.05) is 0 Å². The van der Waals surface area contributed by atoms with Crippen molar-refractivity contribution in [3.63, 3.8) is 0 Å². The predicted octanol–water partition coefficient (Wildman–Crippen LogP) is 2.99. The summed E-state index contributed by atoms with van der Waals surface area (Å²) >= 11 is 0. The molecule has 2 aliphatic heterocycles. The lowest BCUT2D eigenvalue weighted by molar-refractivity contribution is -0.0794. The van der Waals surface area contributed by atoms with E-state index in [4.69, 9.17) is 9.47 Å². The van der Waals surface area contributed by atoms with Crippen LogP contribution in [0.4, 0.5) is 23.5 Å². The second kappa shape index (κ2) is 9.98. The van der Waals surface area contributed by atoms with E-state index in [2.05, 4.69) is 30.6 Å². The van der Waals surface area contributed by atoms with Gasteiger partial charge in [-0.25, -0.2) is 26.8 Å². The van der Waals surface area contributed by atoms with E-state index >= 15 is 4.39 Å². The van der Waals surface area contributed by atoms with Gasteiger partial charge in [0.05, 0.1) is 49.7 Å². The average Bonchev–Trinajstić information content (AvgIpc) is 3.45. The number of fused-ring (bicyclic) bond motifs is 2. The van der Waals surface area contributed by atoms with Crippen molar-refractivity contribution >= 4 is 22.5 Å². The quantitative estimate of drug-likeness (QED) is 0.345. The molecule has 0 radical (unpaired) electrons. The molecule has 10 nitrogen and oxygen atoms in total. The molecule has 2 saturated heterocycles. The molecule has 202 valence electrons. The summed E-state index contributed by atoms with van der Waals surface area (Å²) in [7, 11) is 1.40. The number of rotatable bonds is 8. The number of halogens is 4. The van der Waals surface area contributed by atoms with E-state index in [1.165, 1.54) is 17.8 Å². The van der Waals surface area contributed by atoms with Gasteiger partial charge < -0.3 is 14.8 Å². The van der Waals surface area contributed by atoms with Gasteiger partial charge in [0, 0.05) is 13.1 Å². The first-order valence-corrected chi connectivity index (χ1v) is 12.3. The summed E-state index contributed by atoms with van der Waals surface area (Å²) in [5.74, 6) is -0.423. The zero-order valence-electron chi connectivity index (χ0n) is 20.5. The Morgan fingerprint density at radius 1 is 1.24 bits per heavy atom. The number of methoxy groups -OCH3 is 1. The fourth-order valence-corrected chi connectivity index (χ4v) is 5.06. The minimum Gasteiger partial charge on any atom is -0.479 e. The zero-order valence-corrected chi connectivity index (χ0v) is 20.5. The molecule has 0 amide bonds. The molecule has 0 saturated carbocycles. The number of aromatic nitrogens is 6. The number of likely N-dealkylation sites (tertiary alicyclic amines) is 1. The monoisotopic (exact) mass is 534 g/mol. The van der Waals surface area contributed by atoms with Crippen LogP contribution in [0.25, 0.3) is 27.7 Å². The summed E-state index contributed by atoms with van der Waals surface area (Å²) in [6.07, 6.45) is 0.583. The SMILES string of the molecule is COc1nc(N[C@H]2CCN(C3COC3)C[C@@H]2F)nn2cc(F)c(-c3ccc4nnn(C(CF)CF)c4c3)c12. The molecule has 0 aliphatic carbocycles. The van der Waals surface area contributed by atoms with Gasteiger partial charge in [0.15, 0.2) is 5.82 Å². The fraction of sp³-hybridized carbons (Fsp3) is 0.500. The normalized spacial score (nSPS) is 20.9. The third-order valence-electron chi connectivity index (χ3n) is 7.23. The number of hydrogen-bond acceptors (Lipinski definition) is 8. The summed E-state index contributed by atoms with van der Waals surface area (Å²) in [4.78, 5) is 6.48. The fourth-order valence-electron chi connectivity index (χ4n) is 5.06. The van der Waals surface area contributed by atoms with Gasteiger partial charge in [0.25, 0.3) is 0 Å². The molecule has 0 bridgehead atoms. The van der Waals surface area contributed by atoms with Crippen molar-refractivity contribution < 1.29 is 27.0 Å². The van der Waals surface area contributed by atoms with Crippen molar-refractivity contribution in [1.82, 2.24) is 34.5 Å². The summed E-state index contributed by atoms with van der Waals surface area (Å²) in [6.45, 7) is 0.324. The van der Waals surface area contributed by atoms with Crippen molar-refractivity contribution in [3.8, 4) is 17.0 Å². The maximum Gasteiger partial charge on any atom is 0.244 e. The van der Waals surface area contributed by atoms with Gasteiger partial charge in [-0.2, -0.15) is 4.98 Å². The molecule has 0 unspecified atom stereocenters. The minimum atomic E-state index is -1.14. The highest BCUT2D eigenvalue weighted by atomic mass is 19.1. The first-order chi connectivity index (χ1) is 18.5. The number of benzene rings is 1. The van der Waals surface area contributed by atoms with Gasteiger partial charge in [0.1, 0.15) is 36.6 Å². The van der Waals surface area contributed by atoms with Crippen LogP contribution in [0.5, 0.6) is 5.88 Å². The van der Waals surface area contributed by atoms with Gasteiger partial charge >= 0.3 is 0 Å². The van der Waals surface area contributed by atoms with Crippen LogP contribution in [0.15, 0.2) is 24.4 Å². The zero-order chi connectivity index (χ0) is 26.4. The molecular formula is C24H26F4N8O2. The van der Waals surface area contributed by atoms with Crippen molar-refractivity contribution in [2.24, 2.45) is 0 Å². The smallest absolute Gasteiger partial charge is 0.244 e. The Bertz CT molecular complexity index is 1450. The van der Waals surface area contributed by atoms with E-state index in [-0.39, 0.29) is 35.5 Å². The predicted molar refractivity (Wildman–Crippen MR) is 130 cm³/mol. The number of piperidine rings is 1. The number of ether oxygens (including phenoxy) is 2. The van der Waals surface area contributed by atoms with E-state index in [0.29, 0.717) is 42.8 Å². The molecule has 5 heterocycles. The molecule has 0 spiro atoms. The molecule has 38 heavy (non-hydrogen) atoms. The van der Waals surface area contributed by atoms with Gasteiger partial charge in [-0.05, 0) is 24.1 Å². The van der Waals surface area contributed by atoms with Crippen LogP contribution >= 0.6 is 0 Å². The number of nitrogens with one attached hydrogen (secondary N) is 1. The maximum atomic E-state index is 15.3. The highest BCUT2D eigenvalue weighted by Crippen LogP contribution is 2.36. The lowest BCUT2D eigenvalue weighted by Crippen LogP contribution is -2.57. The second-order valence-corrected chi connectivity index (χ2v) is 9.53. The van der Waals surface area contributed by atoms with Gasteiger partial charge in [0.2, 0.25) is 11.8 Å². The highest BCUT2D eigenvalue weighted by Gasteiger charge is 2.36. The van der Waals surface area contributed by atoms with E-state index in [1.54, 1.807) is 18.2 Å². The molecule has 2 fully saturated rings. The summed E-state index contributed by atoms with van der Waals surface area (Å²) in [5, 5.41) is 15.2. The first kappa shape index (κ1) is 24.8. The average molecular weight is 535 g/mol. The number of hydrogen-bond donors (Lipinski definition) is 1. The Morgan fingerprint density at radius 2 is 2.05 bits per heavy atom. The van der Waals surface area contributed by atoms with Gasteiger partial charge in [-0.3, -0.25) is 4.90 Å². The number of nitrogens with zero attached hydrogens (tertiary/aromatic N) is 7. The van der Waals surface area contributed by atoms with Gasteiger partial charge in [-0.1, -0.05) is 11.3 Å². The Balaban J connectivity index is 1.33. The summed E-state index contributed by atoms with van der Waals surface area (Å²) in [6, 6.07) is 3.40. The van der Waals surface area contributed by atoms with Crippen LogP contribution in [0.1, 0.15) is 12.5 Å². The van der Waals surface area contributed by atoms with Crippen LogP contribution in [0, 0.1) is 5.82 Å². The van der Waals surface area contributed by atoms with Crippen LogP contribution in [0.3, 0.4) is 0 Å². The van der Waals surface area contributed by atoms with E-state index in [9.17, 15) is 13.2 Å². The Morgan fingerprint density at radius 3 is 2.74 bits per heavy atom. The third kappa shape index (κ3) is 4.21. The molecule has 2 atom stereocenters. The minimum absolute atomic E-state index is 0.0815. The largest absolute Gasteiger partial charge is 0.479 e. The van der Waals surface area contributed by atoms with Crippen molar-refractivity contribution in [2.75, 3.05) is 52.1 Å². The molecule has 4 aromatic rings. The van der Waals surface area contributed by atoms with Crippen molar-refractivity contribution in [3.05, 3.63) is 30.2 Å².